The summed E-state index contributed by atoms with van der Waals surface area (Å²) in [7, 11) is 0. The number of nitrogens with zero attached hydrogens (tertiary/aromatic N) is 2. The van der Waals surface area contributed by atoms with Gasteiger partial charge < -0.3 is 31.1 Å². The van der Waals surface area contributed by atoms with E-state index < -0.39 is 29.5 Å². The lowest BCUT2D eigenvalue weighted by atomic mass is 9.68. The molecule has 0 amide bonds. The molecule has 258 valence electrons. The van der Waals surface area contributed by atoms with E-state index in [9.17, 15) is 25.2 Å². The Morgan fingerprint density at radius 3 is 2.62 bits per heavy atom. The molecule has 5 rings (SSSR count). The van der Waals surface area contributed by atoms with Gasteiger partial charge in [0.05, 0.1) is 23.7 Å². The molecule has 0 radical (unpaired) electrons. The van der Waals surface area contributed by atoms with E-state index in [0.29, 0.717) is 37.4 Å². The van der Waals surface area contributed by atoms with Gasteiger partial charge in [0.1, 0.15) is 5.82 Å². The van der Waals surface area contributed by atoms with Gasteiger partial charge in [0.2, 0.25) is 0 Å². The van der Waals surface area contributed by atoms with Gasteiger partial charge in [0.25, 0.3) is 0 Å². The van der Waals surface area contributed by atoms with Gasteiger partial charge in [-0.25, -0.2) is 4.98 Å². The first kappa shape index (κ1) is 35.4. The molecule has 3 aliphatic rings. The van der Waals surface area contributed by atoms with Crippen molar-refractivity contribution in [3.05, 3.63) is 72.2 Å². The van der Waals surface area contributed by atoms with Crippen LogP contribution in [0.4, 0.5) is 5.82 Å². The van der Waals surface area contributed by atoms with Crippen LogP contribution in [0.1, 0.15) is 95.2 Å². The summed E-state index contributed by atoms with van der Waals surface area (Å²) in [4.78, 5) is 21.0. The fourth-order valence-electron chi connectivity index (χ4n) is 8.88. The molecular formula is C39H56N3O5-. The molecule has 6 N–H and O–H groups in total. The van der Waals surface area contributed by atoms with E-state index in [-0.39, 0.29) is 29.8 Å². The maximum atomic E-state index is 12.4. The molecule has 0 unspecified atom stereocenters. The Kier molecular flexibility index (Phi) is 12.4. The first-order valence-corrected chi connectivity index (χ1v) is 18.1. The summed E-state index contributed by atoms with van der Waals surface area (Å²) in [5.74, 6) is -1.22. The van der Waals surface area contributed by atoms with Crippen LogP contribution in [0.3, 0.4) is 0 Å². The van der Waals surface area contributed by atoms with Crippen LogP contribution in [0.5, 0.6) is 0 Å². The number of aromatic nitrogens is 2. The molecule has 0 aromatic carbocycles. The van der Waals surface area contributed by atoms with Crippen LogP contribution < -0.4 is 10.7 Å². The molecule has 10 atom stereocenters. The molecule has 8 heteroatoms. The molecular weight excluding hydrogens is 590 g/mol. The number of carboxylic acid groups (broad SMARTS) is 1. The highest BCUT2D eigenvalue weighted by Crippen LogP contribution is 2.54. The highest BCUT2D eigenvalue weighted by Gasteiger charge is 2.55. The maximum absolute atomic E-state index is 12.4. The first-order valence-electron chi connectivity index (χ1n) is 18.1. The van der Waals surface area contributed by atoms with Crippen molar-refractivity contribution in [1.29, 1.82) is 0 Å². The number of aliphatic carboxylic acids is 1. The van der Waals surface area contributed by atoms with Gasteiger partial charge >= 0.3 is 5.97 Å². The lowest BCUT2D eigenvalue weighted by Gasteiger charge is -2.43. The normalized spacial score (nSPS) is 31.4. The third-order valence-electron chi connectivity index (χ3n) is 11.5. The number of aliphatic hydroxyl groups is 3. The minimum absolute atomic E-state index is 0.0645. The Balaban J connectivity index is 1.17. The van der Waals surface area contributed by atoms with Crippen LogP contribution in [0, 0.1) is 41.4 Å². The number of hydrogen-bond donors (Lipinski definition) is 5. The van der Waals surface area contributed by atoms with E-state index in [1.165, 1.54) is 19.3 Å². The number of allylic oxidation sites excluding steroid dienone is 1. The summed E-state index contributed by atoms with van der Waals surface area (Å²) in [6.07, 6.45) is 22.5. The largest absolute Gasteiger partial charge is 0.668 e. The van der Waals surface area contributed by atoms with E-state index in [1.54, 1.807) is 12.4 Å². The third kappa shape index (κ3) is 8.95. The predicted molar refractivity (Wildman–Crippen MR) is 184 cm³/mol. The van der Waals surface area contributed by atoms with Gasteiger partial charge in [-0.3, -0.25) is 4.79 Å². The van der Waals surface area contributed by atoms with Gasteiger partial charge in [-0.1, -0.05) is 81.9 Å². The zero-order valence-electron chi connectivity index (χ0n) is 28.0. The van der Waals surface area contributed by atoms with E-state index in [0.717, 1.165) is 56.2 Å². The highest BCUT2D eigenvalue weighted by molar-refractivity contribution is 5.70. The molecule has 0 bridgehead atoms. The quantitative estimate of drug-likeness (QED) is 0.102. The van der Waals surface area contributed by atoms with E-state index in [1.807, 2.05) is 36.4 Å². The van der Waals surface area contributed by atoms with E-state index in [2.05, 4.69) is 29.0 Å². The molecule has 0 aliphatic heterocycles. The number of nitrogen functional groups attached to an aromatic ring is 1. The number of anilines is 1. The summed E-state index contributed by atoms with van der Waals surface area (Å²) in [6.45, 7) is 2.21. The minimum atomic E-state index is -1.08. The second kappa shape index (κ2) is 16.4. The van der Waals surface area contributed by atoms with Crippen molar-refractivity contribution < 1.29 is 25.2 Å². The average molecular weight is 647 g/mol. The summed E-state index contributed by atoms with van der Waals surface area (Å²) in [5.41, 5.74) is 6.90. The Morgan fingerprint density at radius 1 is 1.06 bits per heavy atom. The molecule has 2 aromatic heterocycles. The van der Waals surface area contributed by atoms with Gasteiger partial charge in [0.15, 0.2) is 0 Å². The van der Waals surface area contributed by atoms with Crippen LogP contribution >= 0.6 is 0 Å². The molecule has 2 heterocycles. The predicted octanol–water partition coefficient (Wildman–Crippen LogP) is 6.11. The zero-order valence-corrected chi connectivity index (χ0v) is 28.0. The Morgan fingerprint density at radius 2 is 1.89 bits per heavy atom. The third-order valence-corrected chi connectivity index (χ3v) is 11.5. The van der Waals surface area contributed by atoms with Crippen molar-refractivity contribution >= 4 is 11.8 Å². The summed E-state index contributed by atoms with van der Waals surface area (Å²) < 4.78 is 0. The standard InChI is InChI=1S/C39H56N3O5/c1-2-3-5-9-26-13-14-28(35(43)21-26)10-6-4-7-12-33(38(45)46)37(44)29-15-16-34-30(20-27-17-19-42-36(40)22-27)23-31(39(34,47)25-29)24-32-11-8-18-41-32/h8,11,13-19,22,26,28-31,33-35,37,43-44,47H,2-7,9-10,12,20-21,23-25H2,1H3,(H2,40,42)(H,45,46)/q-1/t26-,28-,29-,30+,31+,33+,34+,35-,37-,39+/m1/s1. The number of unbranched alkanes of at least 4 members (excludes halogenated alkanes) is 4. The summed E-state index contributed by atoms with van der Waals surface area (Å²) in [6, 6.07) is 7.75. The molecule has 1 saturated carbocycles. The number of aliphatic hydroxyl groups excluding tert-OH is 2. The molecule has 8 nitrogen and oxygen atoms in total. The van der Waals surface area contributed by atoms with Crippen LogP contribution in [-0.2, 0) is 17.6 Å². The van der Waals surface area contributed by atoms with Crippen molar-refractivity contribution in [2.75, 3.05) is 5.73 Å². The van der Waals surface area contributed by atoms with E-state index >= 15 is 0 Å². The Labute approximate surface area is 280 Å². The summed E-state index contributed by atoms with van der Waals surface area (Å²) in [5, 5.41) is 44.7. The average Bonchev–Trinajstić information content (AvgIpc) is 3.65. The van der Waals surface area contributed by atoms with Crippen molar-refractivity contribution in [1.82, 2.24) is 9.97 Å². The maximum Gasteiger partial charge on any atom is 0.309 e. The molecule has 2 aromatic rings. The van der Waals surface area contributed by atoms with Crippen LogP contribution in [-0.4, -0.2) is 49.2 Å². The van der Waals surface area contributed by atoms with Crippen LogP contribution in [0.25, 0.3) is 0 Å². The van der Waals surface area contributed by atoms with Gasteiger partial charge in [-0.2, -0.15) is 11.9 Å². The second-order valence-corrected chi connectivity index (χ2v) is 14.8. The molecule has 0 spiro atoms. The second-order valence-electron chi connectivity index (χ2n) is 14.8. The number of carbonyl (C=O) groups is 1. The lowest BCUT2D eigenvalue weighted by molar-refractivity contribution is -0.148. The molecule has 1 fully saturated rings. The van der Waals surface area contributed by atoms with E-state index in [4.69, 9.17) is 5.73 Å². The SMILES string of the molecule is CCCCC[C@@H]1C=C[C@@H](CCCCC[C@H](C(=O)O)[C@H](O)[C@@H]2C=C[C@H]3[C@@H](Cc4ccnc(N)c4)C[C@@H](Cc4ccc[n-]4)[C@@]3(O)C2)[C@H](O)C1. The number of fused-ring (bicyclic) bond motifs is 1. The molecule has 47 heavy (non-hydrogen) atoms. The number of carboxylic acids is 1. The first-order chi connectivity index (χ1) is 22.7. The van der Waals surface area contributed by atoms with Crippen molar-refractivity contribution in [2.24, 2.45) is 41.4 Å². The Hall–Kier alpha value is -2.94. The minimum Gasteiger partial charge on any atom is -0.668 e. The smallest absolute Gasteiger partial charge is 0.309 e. The lowest BCUT2D eigenvalue weighted by Crippen LogP contribution is -2.48. The van der Waals surface area contributed by atoms with Crippen LogP contribution in [0.15, 0.2) is 61.0 Å². The summed E-state index contributed by atoms with van der Waals surface area (Å²) >= 11 is 0. The molecule has 0 saturated heterocycles. The highest BCUT2D eigenvalue weighted by atomic mass is 16.4. The number of rotatable bonds is 17. The van der Waals surface area contributed by atoms with Gasteiger partial charge in [-0.05, 0) is 86.8 Å². The number of nitrogens with two attached hydrogens (primary N) is 1. The van der Waals surface area contributed by atoms with Crippen molar-refractivity contribution in [3.63, 3.8) is 0 Å². The molecule has 3 aliphatic carbocycles. The van der Waals surface area contributed by atoms with Gasteiger partial charge in [0, 0.05) is 24.0 Å². The fourth-order valence-corrected chi connectivity index (χ4v) is 8.88. The van der Waals surface area contributed by atoms with Crippen molar-refractivity contribution in [2.45, 2.75) is 115 Å². The zero-order chi connectivity index (χ0) is 33.4. The Bertz CT molecular complexity index is 1330. The van der Waals surface area contributed by atoms with Crippen LogP contribution in [0.2, 0.25) is 0 Å². The van der Waals surface area contributed by atoms with Gasteiger partial charge in [-0.15, -0.1) is 0 Å². The fraction of sp³-hybridized carbons (Fsp3) is 0.641. The van der Waals surface area contributed by atoms with Crippen molar-refractivity contribution in [3.8, 4) is 0 Å². The monoisotopic (exact) mass is 646 g/mol. The number of hydrogen-bond acceptors (Lipinski definition) is 6. The topological polar surface area (TPSA) is 151 Å². The number of pyridine rings is 1.